The van der Waals surface area contributed by atoms with Crippen LogP contribution in [0.4, 0.5) is 0 Å². The van der Waals surface area contributed by atoms with E-state index in [1.165, 1.54) is 0 Å². The maximum absolute atomic E-state index is 2.48. The Hall–Kier alpha value is 2.38. The Morgan fingerprint density at radius 2 is 1.11 bits per heavy atom. The first-order valence-corrected chi connectivity index (χ1v) is 17.3. The van der Waals surface area contributed by atoms with E-state index in [2.05, 4.69) is 57.6 Å². The van der Waals surface area contributed by atoms with E-state index in [0.29, 0.717) is 0 Å². The molecule has 0 amide bonds. The van der Waals surface area contributed by atoms with Gasteiger partial charge in [-0.05, 0) is 0 Å². The fraction of sp³-hybridized carbons (Fsp3) is 0. The summed E-state index contributed by atoms with van der Waals surface area (Å²) in [6, 6.07) is 0. The van der Waals surface area contributed by atoms with Crippen LogP contribution in [0, 0.1) is 6.42 Å². The van der Waals surface area contributed by atoms with E-state index in [9.17, 15) is 0 Å². The van der Waals surface area contributed by atoms with Crippen LogP contribution in [0.25, 0.3) is 0 Å². The van der Waals surface area contributed by atoms with Gasteiger partial charge in [0, 0.05) is 6.42 Å². The first-order valence-electron chi connectivity index (χ1n) is 2.23. The average Bonchev–Trinajstić information content (AvgIpc) is 2.11. The van der Waals surface area contributed by atoms with Crippen molar-refractivity contribution in [3.8, 4) is 0 Å². The molecule has 0 aromatic rings. The molecule has 0 fully saturated rings. The topological polar surface area (TPSA) is 0 Å². The summed E-state index contributed by atoms with van der Waals surface area (Å²) in [7, 11) is 0. The van der Waals surface area contributed by atoms with Gasteiger partial charge in [-0.1, -0.05) is 24.3 Å². The van der Waals surface area contributed by atoms with Gasteiger partial charge in [-0.15, -0.1) is 0 Å². The van der Waals surface area contributed by atoms with Crippen molar-refractivity contribution >= 4 is 57.6 Å². The Balaban J connectivity index is 0.000000148. The number of hydrogen-bond donors (Lipinski definition) is 0. The van der Waals surface area contributed by atoms with Crippen LogP contribution in [0.3, 0.4) is 0 Å². The zero-order valence-electron chi connectivity index (χ0n) is 4.52. The minimum atomic E-state index is -0.423. The molecule has 1 aliphatic carbocycles. The summed E-state index contributed by atoms with van der Waals surface area (Å²) < 4.78 is 0. The molecule has 0 bridgehead atoms. The van der Waals surface area contributed by atoms with Crippen molar-refractivity contribution < 1.29 is 6.63 Å². The fourth-order valence-corrected chi connectivity index (χ4v) is 0.321. The molecule has 0 aromatic heterocycles. The zero-order valence-corrected chi connectivity index (χ0v) is 12.6. The van der Waals surface area contributed by atoms with Crippen molar-refractivity contribution in [2.45, 2.75) is 0 Å². The predicted molar refractivity (Wildman–Crippen MR) is 64.6 cm³/mol. The van der Waals surface area contributed by atoms with Crippen LogP contribution in [0.15, 0.2) is 24.3 Å². The van der Waals surface area contributed by atoms with Gasteiger partial charge in [0.15, 0.2) is 0 Å². The fourth-order valence-electron chi connectivity index (χ4n) is 0.321. The first-order chi connectivity index (χ1) is 4.23. The number of allylic oxidation sites excluding steroid dienone is 4. The summed E-state index contributed by atoms with van der Waals surface area (Å²) in [5, 5.41) is 0. The number of rotatable bonds is 0. The monoisotopic (exact) mass is 494 g/mol. The molecule has 0 saturated carbocycles. The van der Waals surface area contributed by atoms with Gasteiger partial charge >= 0.3 is 64.2 Å². The summed E-state index contributed by atoms with van der Waals surface area (Å²) in [5.74, 6) is 0. The van der Waals surface area contributed by atoms with Gasteiger partial charge in [0.05, 0.1) is 0 Å². The Kier molecular flexibility index (Phi) is 10.7. The quantitative estimate of drug-likeness (QED) is 0.354. The van der Waals surface area contributed by atoms with Crippen LogP contribution in [0.1, 0.15) is 0 Å². The maximum atomic E-state index is 2.48. The summed E-state index contributed by atoms with van der Waals surface area (Å²) in [4.78, 5) is 0. The summed E-state index contributed by atoms with van der Waals surface area (Å²) in [5.41, 5.74) is 0. The Morgan fingerprint density at radius 1 is 0.778 bits per heavy atom. The van der Waals surface area contributed by atoms with Crippen molar-refractivity contribution in [2.75, 3.05) is 0 Å². The van der Waals surface area contributed by atoms with Crippen molar-refractivity contribution in [1.29, 1.82) is 0 Å². The second-order valence-corrected chi connectivity index (χ2v) is 40.7. The van der Waals surface area contributed by atoms with E-state index in [0.717, 1.165) is 0 Å². The first kappa shape index (κ1) is 11.4. The van der Waals surface area contributed by atoms with Gasteiger partial charge < -0.3 is 0 Å². The third-order valence-electron chi connectivity index (χ3n) is 0.556. The SMILES string of the molecule is [CH]1C=CC=C1.[I][Ti]([I])[I]. The Bertz CT molecular complexity index is 96.0. The molecular weight excluding hydrogens is 489 g/mol. The average molecular weight is 494 g/mol. The van der Waals surface area contributed by atoms with E-state index < -0.39 is 6.63 Å². The third kappa shape index (κ3) is 13.4. The molecule has 0 heterocycles. The second kappa shape index (κ2) is 8.48. The standard InChI is InChI=1S/C5H5.3HI.Ti/c1-2-4-5-3-1;;;;/h1-5H;3*1H;/q;;;;+3/p-3. The molecule has 4 heteroatoms. The molecule has 0 saturated heterocycles. The molecule has 0 nitrogen and oxygen atoms in total. The van der Waals surface area contributed by atoms with Gasteiger partial charge in [0.1, 0.15) is 0 Å². The van der Waals surface area contributed by atoms with E-state index in [1.807, 2.05) is 30.7 Å². The molecular formula is C5H5I3Ti. The molecule has 9 heavy (non-hydrogen) atoms. The van der Waals surface area contributed by atoms with Crippen LogP contribution in [0.2, 0.25) is 0 Å². The van der Waals surface area contributed by atoms with Crippen LogP contribution in [-0.4, -0.2) is 0 Å². The molecule has 0 atom stereocenters. The molecule has 1 aliphatic rings. The van der Waals surface area contributed by atoms with Crippen LogP contribution in [0.5, 0.6) is 0 Å². The van der Waals surface area contributed by atoms with Gasteiger partial charge in [-0.25, -0.2) is 0 Å². The third-order valence-corrected chi connectivity index (χ3v) is 0.556. The normalized spacial score (nSPS) is 12.8. The van der Waals surface area contributed by atoms with E-state index in [1.54, 1.807) is 0 Å². The molecule has 0 aromatic carbocycles. The van der Waals surface area contributed by atoms with Gasteiger partial charge in [0.25, 0.3) is 0 Å². The molecule has 50 valence electrons. The van der Waals surface area contributed by atoms with Gasteiger partial charge in [-0.3, -0.25) is 0 Å². The van der Waals surface area contributed by atoms with Gasteiger partial charge in [-0.2, -0.15) is 0 Å². The molecule has 1 rings (SSSR count). The summed E-state index contributed by atoms with van der Waals surface area (Å²) >= 11 is 7.45. The summed E-state index contributed by atoms with van der Waals surface area (Å²) in [6.45, 7) is -0.423. The van der Waals surface area contributed by atoms with Crippen LogP contribution in [-0.2, 0) is 6.63 Å². The molecule has 1 radical (unpaired) electrons. The van der Waals surface area contributed by atoms with Crippen molar-refractivity contribution in [2.24, 2.45) is 0 Å². The van der Waals surface area contributed by atoms with Gasteiger partial charge in [0.2, 0.25) is 0 Å². The van der Waals surface area contributed by atoms with E-state index >= 15 is 0 Å². The number of hydrogen-bond acceptors (Lipinski definition) is 0. The molecule has 0 aliphatic heterocycles. The van der Waals surface area contributed by atoms with Crippen LogP contribution >= 0.6 is 57.6 Å². The second-order valence-electron chi connectivity index (χ2n) is 1.18. The van der Waals surface area contributed by atoms with E-state index in [-0.39, 0.29) is 0 Å². The molecule has 0 N–H and O–H groups in total. The van der Waals surface area contributed by atoms with Crippen LogP contribution < -0.4 is 0 Å². The predicted octanol–water partition coefficient (Wildman–Crippen LogP) is 3.97. The summed E-state index contributed by atoms with van der Waals surface area (Å²) in [6.07, 6.45) is 10.0. The van der Waals surface area contributed by atoms with Crippen molar-refractivity contribution in [1.82, 2.24) is 0 Å². The number of halogens is 3. The van der Waals surface area contributed by atoms with Crippen molar-refractivity contribution in [3.05, 3.63) is 30.7 Å². The minimum absolute atomic E-state index is 0.423. The zero-order chi connectivity index (χ0) is 7.11. The van der Waals surface area contributed by atoms with Crippen molar-refractivity contribution in [3.63, 3.8) is 0 Å². The van der Waals surface area contributed by atoms with E-state index in [4.69, 9.17) is 0 Å². The Labute approximate surface area is 92.8 Å². The molecule has 0 spiro atoms. The molecule has 0 unspecified atom stereocenters. The Morgan fingerprint density at radius 3 is 1.22 bits per heavy atom.